The Bertz CT molecular complexity index is 664. The number of para-hydroxylation sites is 1. The van der Waals surface area contributed by atoms with Gasteiger partial charge in [-0.25, -0.2) is 4.98 Å². The number of nitrogens with one attached hydrogen (secondary N) is 2. The van der Waals surface area contributed by atoms with Crippen LogP contribution in [0.2, 0.25) is 0 Å². The molecule has 2 N–H and O–H groups in total. The molecule has 1 fully saturated rings. The molecule has 0 saturated carbocycles. The summed E-state index contributed by atoms with van der Waals surface area (Å²) in [6.07, 6.45) is 2.54. The first-order valence-electron chi connectivity index (χ1n) is 8.01. The molecule has 0 radical (unpaired) electrons. The quantitative estimate of drug-likeness (QED) is 0.855. The lowest BCUT2D eigenvalue weighted by Crippen LogP contribution is -2.33. The van der Waals surface area contributed by atoms with Crippen molar-refractivity contribution in [3.05, 3.63) is 40.9 Å². The number of rotatable bonds is 6. The normalized spacial score (nSPS) is 14.8. The van der Waals surface area contributed by atoms with E-state index in [1.54, 1.807) is 5.38 Å². The minimum absolute atomic E-state index is 0.0988. The third kappa shape index (κ3) is 4.30. The van der Waals surface area contributed by atoms with Gasteiger partial charge >= 0.3 is 0 Å². The van der Waals surface area contributed by atoms with E-state index >= 15 is 0 Å². The summed E-state index contributed by atoms with van der Waals surface area (Å²) in [7, 11) is 0. The van der Waals surface area contributed by atoms with E-state index in [1.165, 1.54) is 24.2 Å². The van der Waals surface area contributed by atoms with Gasteiger partial charge in [0.05, 0.1) is 0 Å². The number of nitrogens with zero attached hydrogens (tertiary/aromatic N) is 2. The topological polar surface area (TPSA) is 57.3 Å². The average Bonchev–Trinajstić information content (AvgIpc) is 3.21. The molecule has 122 valence electrons. The van der Waals surface area contributed by atoms with Gasteiger partial charge < -0.3 is 15.5 Å². The maximum Gasteiger partial charge on any atom is 0.270 e. The average molecular weight is 330 g/mol. The zero-order chi connectivity index (χ0) is 16.1. The lowest BCUT2D eigenvalue weighted by molar-refractivity contribution is 0.0945. The summed E-state index contributed by atoms with van der Waals surface area (Å²) in [5.74, 6) is -0.0988. The molecule has 0 atom stereocenters. The van der Waals surface area contributed by atoms with Crippen molar-refractivity contribution in [1.82, 2.24) is 15.2 Å². The Labute approximate surface area is 140 Å². The summed E-state index contributed by atoms with van der Waals surface area (Å²) in [6, 6.07) is 8.03. The number of anilines is 2. The van der Waals surface area contributed by atoms with Crippen molar-refractivity contribution in [3.63, 3.8) is 0 Å². The molecule has 3 rings (SSSR count). The molecule has 2 aromatic rings. The second-order valence-electron chi connectivity index (χ2n) is 5.78. The van der Waals surface area contributed by atoms with E-state index in [2.05, 4.69) is 20.5 Å². The van der Waals surface area contributed by atoms with E-state index in [0.29, 0.717) is 12.2 Å². The fourth-order valence-electron chi connectivity index (χ4n) is 2.69. The number of benzene rings is 1. The predicted octanol–water partition coefficient (Wildman–Crippen LogP) is 3.02. The van der Waals surface area contributed by atoms with E-state index in [9.17, 15) is 4.79 Å². The molecule has 1 aromatic heterocycles. The zero-order valence-corrected chi connectivity index (χ0v) is 14.2. The summed E-state index contributed by atoms with van der Waals surface area (Å²) in [5.41, 5.74) is 2.65. The van der Waals surface area contributed by atoms with Gasteiger partial charge in [-0.05, 0) is 44.5 Å². The Hall–Kier alpha value is -1.92. The third-order valence-electron chi connectivity index (χ3n) is 4.04. The smallest absolute Gasteiger partial charge is 0.270 e. The maximum absolute atomic E-state index is 12.1. The van der Waals surface area contributed by atoms with Gasteiger partial charge in [0.2, 0.25) is 0 Å². The standard InChI is InChI=1S/C17H22N4OS/c1-13-6-2-3-7-14(13)19-17-20-15(12-23-17)16(22)18-8-11-21-9-4-5-10-21/h2-3,6-7,12H,4-5,8-11H2,1H3,(H,18,22)(H,19,20). The van der Waals surface area contributed by atoms with Crippen LogP contribution in [0.25, 0.3) is 0 Å². The third-order valence-corrected chi connectivity index (χ3v) is 4.79. The minimum atomic E-state index is -0.0988. The van der Waals surface area contributed by atoms with Crippen molar-refractivity contribution in [3.8, 4) is 0 Å². The number of hydrogen-bond acceptors (Lipinski definition) is 5. The number of aryl methyl sites for hydroxylation is 1. The van der Waals surface area contributed by atoms with Gasteiger partial charge in [-0.2, -0.15) is 0 Å². The molecule has 5 nitrogen and oxygen atoms in total. The summed E-state index contributed by atoms with van der Waals surface area (Å²) >= 11 is 1.45. The van der Waals surface area contributed by atoms with Crippen LogP contribution < -0.4 is 10.6 Å². The van der Waals surface area contributed by atoms with Gasteiger partial charge in [-0.3, -0.25) is 4.79 Å². The number of carbonyl (C=O) groups excluding carboxylic acids is 1. The monoisotopic (exact) mass is 330 g/mol. The minimum Gasteiger partial charge on any atom is -0.349 e. The van der Waals surface area contributed by atoms with Gasteiger partial charge in [0.1, 0.15) is 5.69 Å². The van der Waals surface area contributed by atoms with E-state index < -0.39 is 0 Å². The molecular formula is C17H22N4OS. The van der Waals surface area contributed by atoms with Crippen LogP contribution in [0.3, 0.4) is 0 Å². The number of amides is 1. The fraction of sp³-hybridized carbons (Fsp3) is 0.412. The van der Waals surface area contributed by atoms with E-state index in [-0.39, 0.29) is 5.91 Å². The molecule has 1 aromatic carbocycles. The molecule has 1 saturated heterocycles. The molecular weight excluding hydrogens is 308 g/mol. The van der Waals surface area contributed by atoms with E-state index in [0.717, 1.165) is 36.0 Å². The highest BCUT2D eigenvalue weighted by Crippen LogP contribution is 2.23. The summed E-state index contributed by atoms with van der Waals surface area (Å²) in [6.45, 7) is 5.94. The predicted molar refractivity (Wildman–Crippen MR) is 94.6 cm³/mol. The molecule has 0 bridgehead atoms. The molecule has 0 unspecified atom stereocenters. The largest absolute Gasteiger partial charge is 0.349 e. The van der Waals surface area contributed by atoms with Crippen molar-refractivity contribution >= 4 is 28.1 Å². The maximum atomic E-state index is 12.1. The number of likely N-dealkylation sites (tertiary alicyclic amines) is 1. The number of thiazole rings is 1. The van der Waals surface area contributed by atoms with Gasteiger partial charge in [0.25, 0.3) is 5.91 Å². The molecule has 0 aliphatic carbocycles. The molecule has 1 aliphatic rings. The Morgan fingerprint density at radius 2 is 2.09 bits per heavy atom. The van der Waals surface area contributed by atoms with E-state index in [4.69, 9.17) is 0 Å². The van der Waals surface area contributed by atoms with Crippen molar-refractivity contribution in [2.75, 3.05) is 31.5 Å². The molecule has 23 heavy (non-hydrogen) atoms. The highest BCUT2D eigenvalue weighted by atomic mass is 32.1. The van der Waals surface area contributed by atoms with Crippen LogP contribution in [0, 0.1) is 6.92 Å². The van der Waals surface area contributed by atoms with Crippen LogP contribution in [-0.4, -0.2) is 42.0 Å². The lowest BCUT2D eigenvalue weighted by Gasteiger charge is -2.14. The Morgan fingerprint density at radius 3 is 2.87 bits per heavy atom. The first kappa shape index (κ1) is 16.0. The number of hydrogen-bond donors (Lipinski definition) is 2. The fourth-order valence-corrected chi connectivity index (χ4v) is 3.39. The van der Waals surface area contributed by atoms with Crippen molar-refractivity contribution < 1.29 is 4.79 Å². The summed E-state index contributed by atoms with van der Waals surface area (Å²) < 4.78 is 0. The Balaban J connectivity index is 1.51. The summed E-state index contributed by atoms with van der Waals surface area (Å²) in [5, 5.41) is 8.75. The Morgan fingerprint density at radius 1 is 1.30 bits per heavy atom. The van der Waals surface area contributed by atoms with Crippen LogP contribution in [0.4, 0.5) is 10.8 Å². The zero-order valence-electron chi connectivity index (χ0n) is 13.3. The first-order valence-corrected chi connectivity index (χ1v) is 8.89. The van der Waals surface area contributed by atoms with Gasteiger partial charge in [0, 0.05) is 24.2 Å². The second-order valence-corrected chi connectivity index (χ2v) is 6.64. The van der Waals surface area contributed by atoms with Crippen molar-refractivity contribution in [2.24, 2.45) is 0 Å². The van der Waals surface area contributed by atoms with Gasteiger partial charge in [-0.1, -0.05) is 18.2 Å². The lowest BCUT2D eigenvalue weighted by atomic mass is 10.2. The number of aromatic nitrogens is 1. The van der Waals surface area contributed by atoms with Gasteiger partial charge in [-0.15, -0.1) is 11.3 Å². The van der Waals surface area contributed by atoms with Crippen LogP contribution in [0.1, 0.15) is 28.9 Å². The van der Waals surface area contributed by atoms with Crippen LogP contribution in [0.15, 0.2) is 29.6 Å². The second kappa shape index (κ2) is 7.57. The molecule has 1 amide bonds. The number of carbonyl (C=O) groups is 1. The first-order chi connectivity index (χ1) is 11.2. The van der Waals surface area contributed by atoms with E-state index in [1.807, 2.05) is 31.2 Å². The SMILES string of the molecule is Cc1ccccc1Nc1nc(C(=O)NCCN2CCCC2)cs1. The molecule has 1 aliphatic heterocycles. The summed E-state index contributed by atoms with van der Waals surface area (Å²) in [4.78, 5) is 18.9. The van der Waals surface area contributed by atoms with Crippen LogP contribution >= 0.6 is 11.3 Å². The highest BCUT2D eigenvalue weighted by molar-refractivity contribution is 7.14. The van der Waals surface area contributed by atoms with Crippen molar-refractivity contribution in [2.45, 2.75) is 19.8 Å². The van der Waals surface area contributed by atoms with Crippen LogP contribution in [-0.2, 0) is 0 Å². The molecule has 2 heterocycles. The van der Waals surface area contributed by atoms with Gasteiger partial charge in [0.15, 0.2) is 5.13 Å². The Kier molecular flexibility index (Phi) is 5.25. The van der Waals surface area contributed by atoms with Crippen LogP contribution in [0.5, 0.6) is 0 Å². The molecule has 6 heteroatoms. The van der Waals surface area contributed by atoms with Crippen molar-refractivity contribution in [1.29, 1.82) is 0 Å². The highest BCUT2D eigenvalue weighted by Gasteiger charge is 2.13. The molecule has 0 spiro atoms.